The highest BCUT2D eigenvalue weighted by molar-refractivity contribution is 5.96. The Morgan fingerprint density at radius 1 is 0.857 bits per heavy atom. The van der Waals surface area contributed by atoms with Crippen LogP contribution in [0.15, 0.2) is 30.3 Å². The number of aryl methyl sites for hydroxylation is 1. The van der Waals surface area contributed by atoms with E-state index in [4.69, 9.17) is 4.98 Å². The lowest BCUT2D eigenvalue weighted by Crippen LogP contribution is -2.50. The lowest BCUT2D eigenvalue weighted by molar-refractivity contribution is 0.0387. The summed E-state index contributed by atoms with van der Waals surface area (Å²) in [5.74, 6) is -1.20. The minimum atomic E-state index is -0.840. The largest absolute Gasteiger partial charge is 0.339 e. The molecule has 3 heterocycles. The Morgan fingerprint density at radius 3 is 2.34 bits per heavy atom. The topological polar surface area (TPSA) is 53.5 Å². The second-order valence-corrected chi connectivity index (χ2v) is 10.3. The van der Waals surface area contributed by atoms with Gasteiger partial charge in [-0.2, -0.15) is 0 Å². The molecule has 2 saturated heterocycles. The van der Waals surface area contributed by atoms with E-state index in [1.165, 1.54) is 31.7 Å². The minimum absolute atomic E-state index is 0.0582. The van der Waals surface area contributed by atoms with E-state index in [0.717, 1.165) is 42.9 Å². The number of pyridine rings is 1. The Bertz CT molecular complexity index is 1110. The predicted octanol–water partition coefficient (Wildman–Crippen LogP) is 5.48. The van der Waals surface area contributed by atoms with E-state index in [1.54, 1.807) is 4.90 Å². The van der Waals surface area contributed by atoms with Crippen molar-refractivity contribution in [3.8, 4) is 0 Å². The lowest BCUT2D eigenvalue weighted by atomic mass is 9.78. The number of fused-ring (bicyclic) bond motifs is 1. The first-order valence-corrected chi connectivity index (χ1v) is 12.9. The molecule has 1 aliphatic carbocycles. The van der Waals surface area contributed by atoms with Gasteiger partial charge in [0.2, 0.25) is 0 Å². The Kier molecular flexibility index (Phi) is 6.85. The first kappa shape index (κ1) is 23.9. The third kappa shape index (κ3) is 4.82. The molecule has 1 saturated carbocycles. The average Bonchev–Trinajstić information content (AvgIpc) is 2.87. The van der Waals surface area contributed by atoms with E-state index in [-0.39, 0.29) is 17.4 Å². The van der Waals surface area contributed by atoms with E-state index in [2.05, 4.69) is 4.90 Å². The minimum Gasteiger partial charge on any atom is -0.339 e. The van der Waals surface area contributed by atoms with Gasteiger partial charge in [0.15, 0.2) is 0 Å². The number of piperidine rings is 2. The van der Waals surface area contributed by atoms with Crippen LogP contribution in [-0.4, -0.2) is 52.3 Å². The molecule has 1 aromatic carbocycles. The summed E-state index contributed by atoms with van der Waals surface area (Å²) >= 11 is 0. The molecule has 5 nitrogen and oxygen atoms in total. The number of hydrogen-bond acceptors (Lipinski definition) is 3. The molecule has 0 bridgehead atoms. The standard InChI is InChI=1S/C28H33F2N3O2/c1-18-8-10-23(28(35)33-14-4-6-19-5-2-3-7-25(19)33)26(31-18)20-12-15-32(16-13-20)27(34)22-11-9-21(29)17-24(22)30/h8-11,17,19-20,25H,2-7,12-16H2,1H3. The van der Waals surface area contributed by atoms with Crippen molar-refractivity contribution in [1.29, 1.82) is 0 Å². The zero-order valence-electron chi connectivity index (χ0n) is 20.3. The molecular formula is C28H33F2N3O2. The number of aromatic nitrogens is 1. The number of benzene rings is 1. The molecule has 1 aromatic heterocycles. The highest BCUT2D eigenvalue weighted by Gasteiger charge is 2.38. The number of rotatable bonds is 3. The van der Waals surface area contributed by atoms with Crippen LogP contribution in [-0.2, 0) is 0 Å². The molecule has 5 rings (SSSR count). The van der Waals surface area contributed by atoms with Gasteiger partial charge < -0.3 is 9.80 Å². The van der Waals surface area contributed by atoms with Gasteiger partial charge in [0.25, 0.3) is 11.8 Å². The highest BCUT2D eigenvalue weighted by atomic mass is 19.1. The molecule has 2 unspecified atom stereocenters. The molecule has 0 spiro atoms. The van der Waals surface area contributed by atoms with Crippen LogP contribution in [0.5, 0.6) is 0 Å². The van der Waals surface area contributed by atoms with Crippen molar-refractivity contribution in [2.24, 2.45) is 5.92 Å². The molecule has 35 heavy (non-hydrogen) atoms. The lowest BCUT2D eigenvalue weighted by Gasteiger charge is -2.44. The van der Waals surface area contributed by atoms with Gasteiger partial charge in [0.1, 0.15) is 11.6 Å². The molecule has 7 heteroatoms. The molecule has 0 N–H and O–H groups in total. The molecule has 2 aromatic rings. The third-order valence-corrected chi connectivity index (χ3v) is 8.13. The SMILES string of the molecule is Cc1ccc(C(=O)N2CCCC3CCCCC32)c(C2CCN(C(=O)c3ccc(F)cc3F)CC2)n1. The van der Waals surface area contributed by atoms with Gasteiger partial charge in [0.05, 0.1) is 16.8 Å². The summed E-state index contributed by atoms with van der Waals surface area (Å²) in [5.41, 5.74) is 2.28. The normalized spacial score (nSPS) is 23.2. The van der Waals surface area contributed by atoms with Gasteiger partial charge in [-0.25, -0.2) is 8.78 Å². The summed E-state index contributed by atoms with van der Waals surface area (Å²) in [4.78, 5) is 35.2. The maximum atomic E-state index is 14.1. The molecule has 3 aliphatic rings. The fraction of sp³-hybridized carbons (Fsp3) is 0.536. The van der Waals surface area contributed by atoms with Crippen molar-refractivity contribution < 1.29 is 18.4 Å². The van der Waals surface area contributed by atoms with Crippen LogP contribution < -0.4 is 0 Å². The van der Waals surface area contributed by atoms with Crippen LogP contribution in [0.1, 0.15) is 89.4 Å². The van der Waals surface area contributed by atoms with E-state index in [1.807, 2.05) is 19.1 Å². The summed E-state index contributed by atoms with van der Waals surface area (Å²) < 4.78 is 27.4. The van der Waals surface area contributed by atoms with Crippen molar-refractivity contribution in [3.63, 3.8) is 0 Å². The van der Waals surface area contributed by atoms with Crippen LogP contribution in [0, 0.1) is 24.5 Å². The second-order valence-electron chi connectivity index (χ2n) is 10.3. The summed E-state index contributed by atoms with van der Waals surface area (Å²) in [6.07, 6.45) is 8.33. The predicted molar refractivity (Wildman–Crippen MR) is 129 cm³/mol. The molecule has 0 radical (unpaired) electrons. The number of carbonyl (C=O) groups excluding carboxylic acids is 2. The molecule has 2 amide bonds. The zero-order valence-corrected chi connectivity index (χ0v) is 20.3. The summed E-state index contributed by atoms with van der Waals surface area (Å²) in [5, 5.41) is 0. The Labute approximate surface area is 205 Å². The smallest absolute Gasteiger partial charge is 0.256 e. The highest BCUT2D eigenvalue weighted by Crippen LogP contribution is 2.37. The number of nitrogens with zero attached hydrogens (tertiary/aromatic N) is 3. The van der Waals surface area contributed by atoms with Crippen LogP contribution >= 0.6 is 0 Å². The fourth-order valence-corrected chi connectivity index (χ4v) is 6.29. The molecule has 2 aliphatic heterocycles. The van der Waals surface area contributed by atoms with Crippen molar-refractivity contribution in [2.75, 3.05) is 19.6 Å². The quantitative estimate of drug-likeness (QED) is 0.583. The van der Waals surface area contributed by atoms with Crippen LogP contribution in [0.2, 0.25) is 0 Å². The van der Waals surface area contributed by atoms with Crippen LogP contribution in [0.4, 0.5) is 8.78 Å². The Morgan fingerprint density at radius 2 is 1.57 bits per heavy atom. The molecule has 3 fully saturated rings. The van der Waals surface area contributed by atoms with Crippen molar-refractivity contribution >= 4 is 11.8 Å². The fourth-order valence-electron chi connectivity index (χ4n) is 6.29. The van der Waals surface area contributed by atoms with Crippen molar-refractivity contribution in [2.45, 2.75) is 70.3 Å². The first-order valence-electron chi connectivity index (χ1n) is 12.9. The van der Waals surface area contributed by atoms with Crippen LogP contribution in [0.25, 0.3) is 0 Å². The van der Waals surface area contributed by atoms with Gasteiger partial charge in [0, 0.05) is 43.4 Å². The summed E-state index contributed by atoms with van der Waals surface area (Å²) in [6.45, 7) is 3.63. The number of likely N-dealkylation sites (tertiary alicyclic amines) is 2. The van der Waals surface area contributed by atoms with Crippen LogP contribution in [0.3, 0.4) is 0 Å². The van der Waals surface area contributed by atoms with Crippen molar-refractivity contribution in [1.82, 2.24) is 14.8 Å². The number of hydrogen-bond donors (Lipinski definition) is 0. The Balaban J connectivity index is 1.32. The van der Waals surface area contributed by atoms with Gasteiger partial charge in [-0.3, -0.25) is 14.6 Å². The maximum absolute atomic E-state index is 14.1. The van der Waals surface area contributed by atoms with E-state index >= 15 is 0 Å². The third-order valence-electron chi connectivity index (χ3n) is 8.13. The first-order chi connectivity index (χ1) is 16.9. The van der Waals surface area contributed by atoms with E-state index in [9.17, 15) is 18.4 Å². The summed E-state index contributed by atoms with van der Waals surface area (Å²) in [7, 11) is 0. The number of halogens is 2. The monoisotopic (exact) mass is 481 g/mol. The number of carbonyl (C=O) groups is 2. The molecule has 186 valence electrons. The molecular weight excluding hydrogens is 448 g/mol. The Hall–Kier alpha value is -2.83. The van der Waals surface area contributed by atoms with E-state index in [0.29, 0.717) is 43.5 Å². The van der Waals surface area contributed by atoms with Gasteiger partial charge in [-0.05, 0) is 75.6 Å². The van der Waals surface area contributed by atoms with E-state index < -0.39 is 17.5 Å². The van der Waals surface area contributed by atoms with Gasteiger partial charge in [-0.15, -0.1) is 0 Å². The zero-order chi connectivity index (χ0) is 24.5. The number of amides is 2. The summed E-state index contributed by atoms with van der Waals surface area (Å²) in [6, 6.07) is 7.23. The van der Waals surface area contributed by atoms with Gasteiger partial charge >= 0.3 is 0 Å². The molecule has 2 atom stereocenters. The second kappa shape index (κ2) is 10.0. The average molecular weight is 482 g/mol. The van der Waals surface area contributed by atoms with Gasteiger partial charge in [-0.1, -0.05) is 12.8 Å². The maximum Gasteiger partial charge on any atom is 0.256 e. The van der Waals surface area contributed by atoms with Crippen molar-refractivity contribution in [3.05, 3.63) is 64.5 Å².